The minimum absolute atomic E-state index is 0.538. The Kier molecular flexibility index (Phi) is 3.78. The smallest absolute Gasteiger partial charge is 0.0616 e. The van der Waals surface area contributed by atoms with Crippen molar-refractivity contribution in [3.8, 4) is 0 Å². The molecule has 0 aromatic carbocycles. The van der Waals surface area contributed by atoms with Gasteiger partial charge in [-0.3, -0.25) is 0 Å². The van der Waals surface area contributed by atoms with Gasteiger partial charge in [-0.25, -0.2) is 0 Å². The van der Waals surface area contributed by atoms with E-state index in [1.54, 1.807) is 12.0 Å². The van der Waals surface area contributed by atoms with Gasteiger partial charge in [-0.2, -0.15) is 0 Å². The monoisotopic (exact) mass is 225 g/mol. The van der Waals surface area contributed by atoms with E-state index in [-0.39, 0.29) is 0 Å². The molecule has 1 aromatic heterocycles. The van der Waals surface area contributed by atoms with Crippen molar-refractivity contribution in [2.24, 2.45) is 0 Å². The van der Waals surface area contributed by atoms with E-state index in [9.17, 15) is 0 Å². The molecule has 1 N–H and O–H groups in total. The molecule has 2 atom stereocenters. The van der Waals surface area contributed by atoms with Crippen molar-refractivity contribution in [1.82, 2.24) is 5.32 Å². The van der Waals surface area contributed by atoms with E-state index in [4.69, 9.17) is 4.74 Å². The van der Waals surface area contributed by atoms with Crippen molar-refractivity contribution in [3.05, 3.63) is 21.9 Å². The summed E-state index contributed by atoms with van der Waals surface area (Å²) in [6, 6.07) is 5.06. The number of piperidine rings is 1. The normalized spacial score (nSPS) is 26.8. The SMILES string of the molecule is COCC1CC(c2ccc(C)s2)CCN1. The van der Waals surface area contributed by atoms with Gasteiger partial charge in [-0.1, -0.05) is 0 Å². The number of aryl methyl sites for hydroxylation is 1. The van der Waals surface area contributed by atoms with Crippen LogP contribution in [0.15, 0.2) is 12.1 Å². The van der Waals surface area contributed by atoms with Crippen LogP contribution in [0.5, 0.6) is 0 Å². The summed E-state index contributed by atoms with van der Waals surface area (Å²) in [5, 5.41) is 3.51. The lowest BCUT2D eigenvalue weighted by molar-refractivity contribution is 0.149. The summed E-state index contributed by atoms with van der Waals surface area (Å²) in [5.74, 6) is 0.741. The molecule has 0 bridgehead atoms. The first-order chi connectivity index (χ1) is 7.29. The lowest BCUT2D eigenvalue weighted by Crippen LogP contribution is -2.40. The first-order valence-electron chi connectivity index (χ1n) is 5.58. The Balaban J connectivity index is 1.98. The second-order valence-electron chi connectivity index (χ2n) is 4.28. The molecule has 0 amide bonds. The van der Waals surface area contributed by atoms with E-state index in [0.717, 1.165) is 19.1 Å². The van der Waals surface area contributed by atoms with E-state index in [0.29, 0.717) is 6.04 Å². The molecule has 0 saturated carbocycles. The maximum absolute atomic E-state index is 5.21. The van der Waals surface area contributed by atoms with Gasteiger partial charge in [0.1, 0.15) is 0 Å². The summed E-state index contributed by atoms with van der Waals surface area (Å²) >= 11 is 1.95. The second-order valence-corrected chi connectivity index (χ2v) is 5.60. The summed E-state index contributed by atoms with van der Waals surface area (Å²) in [5.41, 5.74) is 0. The van der Waals surface area contributed by atoms with Crippen LogP contribution >= 0.6 is 11.3 Å². The third-order valence-electron chi connectivity index (χ3n) is 3.03. The Morgan fingerprint density at radius 1 is 1.53 bits per heavy atom. The summed E-state index contributed by atoms with van der Waals surface area (Å²) in [7, 11) is 1.78. The predicted octanol–water partition coefficient (Wildman–Crippen LogP) is 2.54. The number of methoxy groups -OCH3 is 1. The molecular weight excluding hydrogens is 206 g/mol. The molecule has 3 heteroatoms. The van der Waals surface area contributed by atoms with Crippen LogP contribution in [-0.4, -0.2) is 26.3 Å². The van der Waals surface area contributed by atoms with Crippen LogP contribution in [-0.2, 0) is 4.74 Å². The summed E-state index contributed by atoms with van der Waals surface area (Å²) < 4.78 is 5.21. The van der Waals surface area contributed by atoms with Crippen LogP contribution < -0.4 is 5.32 Å². The first kappa shape index (κ1) is 11.1. The average Bonchev–Trinajstić information content (AvgIpc) is 2.66. The Labute approximate surface area is 95.6 Å². The summed E-state index contributed by atoms with van der Waals surface area (Å²) in [6.45, 7) is 4.14. The Morgan fingerprint density at radius 3 is 3.07 bits per heavy atom. The van der Waals surface area contributed by atoms with Gasteiger partial charge in [-0.15, -0.1) is 11.3 Å². The molecule has 1 aliphatic rings. The summed E-state index contributed by atoms with van der Waals surface area (Å²) in [6.07, 6.45) is 2.48. The zero-order chi connectivity index (χ0) is 10.7. The van der Waals surface area contributed by atoms with E-state index >= 15 is 0 Å². The van der Waals surface area contributed by atoms with Gasteiger partial charge >= 0.3 is 0 Å². The molecule has 15 heavy (non-hydrogen) atoms. The second kappa shape index (κ2) is 5.10. The van der Waals surface area contributed by atoms with Gasteiger partial charge < -0.3 is 10.1 Å². The van der Waals surface area contributed by atoms with E-state index in [1.807, 2.05) is 11.3 Å². The summed E-state index contributed by atoms with van der Waals surface area (Å²) in [4.78, 5) is 2.97. The molecule has 2 rings (SSSR count). The quantitative estimate of drug-likeness (QED) is 0.853. The molecule has 0 aliphatic carbocycles. The topological polar surface area (TPSA) is 21.3 Å². The predicted molar refractivity (Wildman–Crippen MR) is 64.7 cm³/mol. The van der Waals surface area contributed by atoms with Crippen molar-refractivity contribution in [3.63, 3.8) is 0 Å². The van der Waals surface area contributed by atoms with Gasteiger partial charge in [0.15, 0.2) is 0 Å². The molecule has 0 spiro atoms. The van der Waals surface area contributed by atoms with E-state index in [2.05, 4.69) is 24.4 Å². The molecule has 2 unspecified atom stereocenters. The number of ether oxygens (including phenoxy) is 1. The van der Waals surface area contributed by atoms with Crippen LogP contribution in [0.1, 0.15) is 28.5 Å². The third-order valence-corrected chi connectivity index (χ3v) is 4.19. The minimum atomic E-state index is 0.538. The fourth-order valence-electron chi connectivity index (χ4n) is 2.27. The highest BCUT2D eigenvalue weighted by atomic mass is 32.1. The lowest BCUT2D eigenvalue weighted by atomic mass is 9.91. The van der Waals surface area contributed by atoms with Crippen LogP contribution in [0.25, 0.3) is 0 Å². The zero-order valence-electron chi connectivity index (χ0n) is 9.45. The van der Waals surface area contributed by atoms with Gasteiger partial charge in [0, 0.05) is 22.9 Å². The Morgan fingerprint density at radius 2 is 2.40 bits per heavy atom. The van der Waals surface area contributed by atoms with Gasteiger partial charge in [-0.05, 0) is 44.4 Å². The lowest BCUT2D eigenvalue weighted by Gasteiger charge is -2.29. The van der Waals surface area contributed by atoms with Gasteiger partial charge in [0.25, 0.3) is 0 Å². The third kappa shape index (κ3) is 2.80. The standard InChI is InChI=1S/C12H19NOS/c1-9-3-4-12(15-9)10-5-6-13-11(7-10)8-14-2/h3-4,10-11,13H,5-8H2,1-2H3. The van der Waals surface area contributed by atoms with Crippen LogP contribution in [0.3, 0.4) is 0 Å². The maximum Gasteiger partial charge on any atom is 0.0616 e. The van der Waals surface area contributed by atoms with E-state index < -0.39 is 0 Å². The zero-order valence-corrected chi connectivity index (χ0v) is 10.3. The number of hydrogen-bond acceptors (Lipinski definition) is 3. The van der Waals surface area contributed by atoms with Gasteiger partial charge in [0.05, 0.1) is 6.61 Å². The highest BCUT2D eigenvalue weighted by Crippen LogP contribution is 2.32. The van der Waals surface area contributed by atoms with Crippen molar-refractivity contribution in [2.45, 2.75) is 31.7 Å². The number of nitrogens with one attached hydrogen (secondary N) is 1. The molecule has 1 saturated heterocycles. The number of hydrogen-bond donors (Lipinski definition) is 1. The molecule has 0 radical (unpaired) electrons. The van der Waals surface area contributed by atoms with Crippen LogP contribution in [0.2, 0.25) is 0 Å². The molecular formula is C12H19NOS. The van der Waals surface area contributed by atoms with Crippen molar-refractivity contribution < 1.29 is 4.74 Å². The Bertz CT molecular complexity index is 308. The highest BCUT2D eigenvalue weighted by molar-refractivity contribution is 7.12. The molecule has 1 aliphatic heterocycles. The molecule has 1 fully saturated rings. The fraction of sp³-hybridized carbons (Fsp3) is 0.667. The molecule has 84 valence electrons. The number of thiophene rings is 1. The first-order valence-corrected chi connectivity index (χ1v) is 6.40. The maximum atomic E-state index is 5.21. The molecule has 2 nitrogen and oxygen atoms in total. The Hall–Kier alpha value is -0.380. The van der Waals surface area contributed by atoms with Crippen LogP contribution in [0.4, 0.5) is 0 Å². The van der Waals surface area contributed by atoms with Crippen molar-refractivity contribution >= 4 is 11.3 Å². The molecule has 1 aromatic rings. The van der Waals surface area contributed by atoms with Gasteiger partial charge in [0.2, 0.25) is 0 Å². The van der Waals surface area contributed by atoms with E-state index in [1.165, 1.54) is 17.7 Å². The van der Waals surface area contributed by atoms with Crippen LogP contribution in [0, 0.1) is 6.92 Å². The largest absolute Gasteiger partial charge is 0.383 e. The van der Waals surface area contributed by atoms with Crippen molar-refractivity contribution in [1.29, 1.82) is 0 Å². The average molecular weight is 225 g/mol. The van der Waals surface area contributed by atoms with Crippen molar-refractivity contribution in [2.75, 3.05) is 20.3 Å². The fourth-order valence-corrected chi connectivity index (χ4v) is 3.29. The minimum Gasteiger partial charge on any atom is -0.383 e. The molecule has 2 heterocycles. The highest BCUT2D eigenvalue weighted by Gasteiger charge is 2.23. The number of rotatable bonds is 3.